The number of hydrogen-bond donors (Lipinski definition) is 0. The molecule has 1 unspecified atom stereocenters. The predicted molar refractivity (Wildman–Crippen MR) is 133 cm³/mol. The van der Waals surface area contributed by atoms with E-state index in [0.717, 1.165) is 16.0 Å². The van der Waals surface area contributed by atoms with Gasteiger partial charge in [-0.1, -0.05) is 25.1 Å². The lowest BCUT2D eigenvalue weighted by molar-refractivity contribution is -0.133. The fourth-order valence-corrected chi connectivity index (χ4v) is 4.84. The molecule has 0 fully saturated rings. The molecule has 0 saturated heterocycles. The van der Waals surface area contributed by atoms with Gasteiger partial charge in [0.1, 0.15) is 12.4 Å². The van der Waals surface area contributed by atoms with Crippen molar-refractivity contribution in [3.63, 3.8) is 0 Å². The second-order valence-electron chi connectivity index (χ2n) is 8.63. The smallest absolute Gasteiger partial charge is 0.257 e. The molecule has 0 radical (unpaired) electrons. The Morgan fingerprint density at radius 1 is 1.09 bits per heavy atom. The molecule has 0 aliphatic carbocycles. The van der Waals surface area contributed by atoms with E-state index in [-0.39, 0.29) is 30.9 Å². The molecule has 0 saturated carbocycles. The van der Waals surface area contributed by atoms with Gasteiger partial charge >= 0.3 is 0 Å². The zero-order valence-electron chi connectivity index (χ0n) is 20.1. The average Bonchev–Trinajstić information content (AvgIpc) is 3.49. The third-order valence-corrected chi connectivity index (χ3v) is 7.27. The maximum atomic E-state index is 14.4. The number of fused-ring (bicyclic) bond motifs is 1. The van der Waals surface area contributed by atoms with Crippen molar-refractivity contribution in [2.75, 3.05) is 13.3 Å². The first-order valence-electron chi connectivity index (χ1n) is 11.6. The Balaban J connectivity index is 1.59. The molecule has 4 rings (SSSR count). The van der Waals surface area contributed by atoms with Crippen LogP contribution in [0.25, 0.3) is 0 Å². The largest absolute Gasteiger partial charge is 0.454 e. The Kier molecular flexibility index (Phi) is 7.70. The van der Waals surface area contributed by atoms with Crippen molar-refractivity contribution in [1.82, 2.24) is 9.80 Å². The number of carbonyl (C=O) groups excluding carboxylic acids is 2. The first-order valence-corrected chi connectivity index (χ1v) is 12.5. The molecule has 8 heteroatoms. The van der Waals surface area contributed by atoms with Gasteiger partial charge in [0.2, 0.25) is 12.7 Å². The highest BCUT2D eigenvalue weighted by atomic mass is 32.1. The molecule has 2 heterocycles. The van der Waals surface area contributed by atoms with Gasteiger partial charge in [0.25, 0.3) is 5.91 Å². The van der Waals surface area contributed by atoms with Gasteiger partial charge in [0, 0.05) is 17.5 Å². The number of amides is 2. The van der Waals surface area contributed by atoms with E-state index in [4.69, 9.17) is 9.47 Å². The Bertz CT molecular complexity index is 1210. The number of rotatable bonds is 9. The summed E-state index contributed by atoms with van der Waals surface area (Å²) in [5.41, 5.74) is 1.98. The second-order valence-corrected chi connectivity index (χ2v) is 9.64. The number of aryl methyl sites for hydroxylation is 1. The number of hydrogen-bond acceptors (Lipinski definition) is 5. The van der Waals surface area contributed by atoms with Crippen LogP contribution in [0.5, 0.6) is 11.5 Å². The van der Waals surface area contributed by atoms with E-state index in [1.54, 1.807) is 28.4 Å². The first-order chi connectivity index (χ1) is 16.9. The molecule has 184 valence electrons. The van der Waals surface area contributed by atoms with Crippen LogP contribution in [0, 0.1) is 12.7 Å². The molecule has 0 bridgehead atoms. The van der Waals surface area contributed by atoms with E-state index in [1.165, 1.54) is 17.0 Å². The number of nitrogens with zero attached hydrogens (tertiary/aromatic N) is 2. The van der Waals surface area contributed by atoms with Crippen LogP contribution >= 0.6 is 11.3 Å². The van der Waals surface area contributed by atoms with Gasteiger partial charge in [0.15, 0.2) is 11.5 Å². The molecule has 1 atom stereocenters. The highest BCUT2D eigenvalue weighted by Crippen LogP contribution is 2.33. The van der Waals surface area contributed by atoms with Crippen LogP contribution in [0.3, 0.4) is 0 Å². The number of thiophene rings is 1. The minimum Gasteiger partial charge on any atom is -0.454 e. The lowest BCUT2D eigenvalue weighted by atomic mass is 10.1. The van der Waals surface area contributed by atoms with Crippen molar-refractivity contribution in [2.24, 2.45) is 0 Å². The van der Waals surface area contributed by atoms with Gasteiger partial charge in [-0.2, -0.15) is 0 Å². The summed E-state index contributed by atoms with van der Waals surface area (Å²) in [5, 5.41) is 2.00. The van der Waals surface area contributed by atoms with Crippen LogP contribution in [0.15, 0.2) is 53.9 Å². The lowest BCUT2D eigenvalue weighted by Crippen LogP contribution is -2.46. The lowest BCUT2D eigenvalue weighted by Gasteiger charge is -2.31. The average molecular weight is 497 g/mol. The number of halogens is 1. The Morgan fingerprint density at radius 2 is 1.86 bits per heavy atom. The van der Waals surface area contributed by atoms with Crippen molar-refractivity contribution in [1.29, 1.82) is 0 Å². The second kappa shape index (κ2) is 10.9. The highest BCUT2D eigenvalue weighted by molar-refractivity contribution is 7.10. The van der Waals surface area contributed by atoms with Crippen LogP contribution in [0.2, 0.25) is 0 Å². The molecule has 35 heavy (non-hydrogen) atoms. The SMILES string of the molecule is CCC(C)N(CC(=O)N(Cc1ccc2c(c1)OCO2)Cc1sccc1C)C(=O)c1ccccc1F. The normalized spacial score (nSPS) is 12.9. The zero-order valence-corrected chi connectivity index (χ0v) is 20.9. The highest BCUT2D eigenvalue weighted by Gasteiger charge is 2.28. The van der Waals surface area contributed by atoms with E-state index in [0.29, 0.717) is 31.0 Å². The van der Waals surface area contributed by atoms with Gasteiger partial charge in [-0.25, -0.2) is 4.39 Å². The first kappa shape index (κ1) is 24.7. The molecule has 1 aliphatic heterocycles. The summed E-state index contributed by atoms with van der Waals surface area (Å²) in [5.74, 6) is 0.0450. The third-order valence-electron chi connectivity index (χ3n) is 6.26. The summed E-state index contributed by atoms with van der Waals surface area (Å²) in [6.07, 6.45) is 0.639. The van der Waals surface area contributed by atoms with E-state index in [2.05, 4.69) is 0 Å². The van der Waals surface area contributed by atoms with Crippen LogP contribution in [0.4, 0.5) is 4.39 Å². The van der Waals surface area contributed by atoms with Crippen molar-refractivity contribution in [3.05, 3.63) is 81.3 Å². The maximum absolute atomic E-state index is 14.4. The Hall–Kier alpha value is -3.39. The van der Waals surface area contributed by atoms with Crippen molar-refractivity contribution in [3.8, 4) is 11.5 Å². The molecule has 0 spiro atoms. The van der Waals surface area contributed by atoms with Crippen LogP contribution < -0.4 is 9.47 Å². The summed E-state index contributed by atoms with van der Waals surface area (Å²) in [6, 6.07) is 13.3. The fraction of sp³-hybridized carbons (Fsp3) is 0.333. The van der Waals surface area contributed by atoms with Crippen LogP contribution in [-0.4, -0.2) is 41.0 Å². The summed E-state index contributed by atoms with van der Waals surface area (Å²) >= 11 is 1.59. The van der Waals surface area contributed by atoms with Gasteiger partial charge in [-0.05, 0) is 67.1 Å². The van der Waals surface area contributed by atoms with Crippen molar-refractivity contribution >= 4 is 23.2 Å². The van der Waals surface area contributed by atoms with Crippen molar-refractivity contribution in [2.45, 2.75) is 46.3 Å². The van der Waals surface area contributed by atoms with E-state index in [1.807, 2.05) is 50.4 Å². The Morgan fingerprint density at radius 3 is 2.57 bits per heavy atom. The van der Waals surface area contributed by atoms with E-state index in [9.17, 15) is 14.0 Å². The number of carbonyl (C=O) groups is 2. The van der Waals surface area contributed by atoms with E-state index >= 15 is 0 Å². The van der Waals surface area contributed by atoms with Gasteiger partial charge < -0.3 is 19.3 Å². The monoisotopic (exact) mass is 496 g/mol. The summed E-state index contributed by atoms with van der Waals surface area (Å²) in [4.78, 5) is 31.2. The quantitative estimate of drug-likeness (QED) is 0.398. The minimum absolute atomic E-state index is 0.0305. The molecule has 0 N–H and O–H groups in total. The zero-order chi connectivity index (χ0) is 24.9. The molecule has 1 aromatic heterocycles. The molecular weight excluding hydrogens is 467 g/mol. The van der Waals surface area contributed by atoms with Gasteiger partial charge in [-0.15, -0.1) is 11.3 Å². The molecule has 6 nitrogen and oxygen atoms in total. The summed E-state index contributed by atoms with van der Waals surface area (Å²) < 4.78 is 25.3. The molecular formula is C27H29FN2O4S. The van der Waals surface area contributed by atoms with Crippen LogP contribution in [-0.2, 0) is 17.9 Å². The molecule has 3 aromatic rings. The summed E-state index contributed by atoms with van der Waals surface area (Å²) in [6.45, 7) is 6.62. The standard InChI is InChI=1S/C27H29FN2O4S/c1-4-19(3)30(27(32)21-7-5-6-8-22(21)28)16-26(31)29(15-25-18(2)11-12-35-25)14-20-9-10-23-24(13-20)34-17-33-23/h5-13,19H,4,14-17H2,1-3H3. The number of benzene rings is 2. The fourth-order valence-electron chi connectivity index (χ4n) is 3.91. The summed E-state index contributed by atoms with van der Waals surface area (Å²) in [7, 11) is 0. The van der Waals surface area contributed by atoms with Crippen LogP contribution in [0.1, 0.15) is 46.6 Å². The number of ether oxygens (including phenoxy) is 2. The van der Waals surface area contributed by atoms with Gasteiger partial charge in [0.05, 0.1) is 12.1 Å². The molecule has 1 aliphatic rings. The topological polar surface area (TPSA) is 59.1 Å². The van der Waals surface area contributed by atoms with Crippen molar-refractivity contribution < 1.29 is 23.5 Å². The minimum atomic E-state index is -0.593. The third kappa shape index (κ3) is 5.65. The molecule has 2 aromatic carbocycles. The van der Waals surface area contributed by atoms with E-state index < -0.39 is 11.7 Å². The predicted octanol–water partition coefficient (Wildman–Crippen LogP) is 5.39. The van der Waals surface area contributed by atoms with Gasteiger partial charge in [-0.3, -0.25) is 9.59 Å². The molecule has 2 amide bonds. The Labute approximate surface area is 208 Å². The maximum Gasteiger partial charge on any atom is 0.257 e.